The fourth-order valence-corrected chi connectivity index (χ4v) is 3.52. The molecule has 0 aliphatic heterocycles. The number of hydrogen-bond donors (Lipinski definition) is 2. The van der Waals surface area contributed by atoms with Crippen molar-refractivity contribution in [1.29, 1.82) is 0 Å². The number of carbonyl (C=O) groups is 1. The highest BCUT2D eigenvalue weighted by Gasteiger charge is 2.17. The zero-order chi connectivity index (χ0) is 18.1. The summed E-state index contributed by atoms with van der Waals surface area (Å²) in [5.41, 5.74) is 3.12. The standard InChI is InChI=1S/C18H14BrN5OS/c1-10(17(25)20-12-8-6-11(19)7-9-12)26-18-22-16-15(23-24-18)13-4-2-3-5-14(13)21-16/h2-10H,1H3,(H,20,25)(H,21,22,24). The van der Waals surface area contributed by atoms with E-state index >= 15 is 0 Å². The van der Waals surface area contributed by atoms with Crippen molar-refractivity contribution in [2.45, 2.75) is 17.3 Å². The number of aromatic amines is 1. The Labute approximate surface area is 161 Å². The van der Waals surface area contributed by atoms with Gasteiger partial charge in [0.1, 0.15) is 5.52 Å². The molecular weight excluding hydrogens is 414 g/mol. The first-order chi connectivity index (χ1) is 12.6. The maximum atomic E-state index is 12.4. The highest BCUT2D eigenvalue weighted by atomic mass is 79.9. The summed E-state index contributed by atoms with van der Waals surface area (Å²) in [5.74, 6) is -0.113. The summed E-state index contributed by atoms with van der Waals surface area (Å²) < 4.78 is 0.962. The fraction of sp³-hybridized carbons (Fsp3) is 0.111. The van der Waals surface area contributed by atoms with Gasteiger partial charge in [0.05, 0.1) is 5.25 Å². The van der Waals surface area contributed by atoms with Gasteiger partial charge in [0.25, 0.3) is 0 Å². The van der Waals surface area contributed by atoms with Crippen molar-refractivity contribution in [2.75, 3.05) is 5.32 Å². The van der Waals surface area contributed by atoms with Gasteiger partial charge in [-0.15, -0.1) is 10.2 Å². The van der Waals surface area contributed by atoms with Crippen LogP contribution in [0.4, 0.5) is 5.69 Å². The van der Waals surface area contributed by atoms with Gasteiger partial charge in [-0.05, 0) is 37.3 Å². The lowest BCUT2D eigenvalue weighted by molar-refractivity contribution is -0.115. The Balaban J connectivity index is 1.51. The summed E-state index contributed by atoms with van der Waals surface area (Å²) in [6, 6.07) is 15.3. The van der Waals surface area contributed by atoms with Crippen LogP contribution in [0.15, 0.2) is 58.2 Å². The number of aromatic nitrogens is 4. The van der Waals surface area contributed by atoms with E-state index in [4.69, 9.17) is 0 Å². The minimum absolute atomic E-state index is 0.113. The predicted octanol–water partition coefficient (Wildman–Crippen LogP) is 4.39. The van der Waals surface area contributed by atoms with Crippen LogP contribution in [0.2, 0.25) is 0 Å². The number of rotatable bonds is 4. The second kappa shape index (κ2) is 7.05. The first-order valence-electron chi connectivity index (χ1n) is 7.94. The maximum Gasteiger partial charge on any atom is 0.237 e. The predicted molar refractivity (Wildman–Crippen MR) is 107 cm³/mol. The molecular formula is C18H14BrN5OS. The minimum atomic E-state index is -0.359. The first kappa shape index (κ1) is 17.0. The van der Waals surface area contributed by atoms with Crippen LogP contribution in [0.25, 0.3) is 22.1 Å². The Hall–Kier alpha value is -2.45. The number of para-hydroxylation sites is 1. The molecule has 2 N–H and O–H groups in total. The largest absolute Gasteiger partial charge is 0.338 e. The summed E-state index contributed by atoms with van der Waals surface area (Å²) in [5, 5.41) is 12.4. The molecule has 8 heteroatoms. The molecule has 0 saturated heterocycles. The van der Waals surface area contributed by atoms with Crippen molar-refractivity contribution in [2.24, 2.45) is 0 Å². The molecule has 4 rings (SSSR count). The Morgan fingerprint density at radius 1 is 1.15 bits per heavy atom. The molecule has 4 aromatic rings. The Bertz CT molecular complexity index is 1100. The van der Waals surface area contributed by atoms with Gasteiger partial charge in [-0.3, -0.25) is 4.79 Å². The average Bonchev–Trinajstić information content (AvgIpc) is 3.01. The molecule has 1 atom stereocenters. The number of benzene rings is 2. The molecule has 0 saturated carbocycles. The van der Waals surface area contributed by atoms with Crippen LogP contribution in [0.3, 0.4) is 0 Å². The summed E-state index contributed by atoms with van der Waals surface area (Å²) in [4.78, 5) is 20.1. The number of nitrogens with zero attached hydrogens (tertiary/aromatic N) is 3. The molecule has 0 aliphatic rings. The molecule has 1 amide bonds. The van der Waals surface area contributed by atoms with Gasteiger partial charge in [-0.25, -0.2) is 4.98 Å². The van der Waals surface area contributed by atoms with Gasteiger partial charge in [0.15, 0.2) is 5.65 Å². The molecule has 2 aromatic heterocycles. The lowest BCUT2D eigenvalue weighted by Gasteiger charge is -2.10. The van der Waals surface area contributed by atoms with Crippen molar-refractivity contribution >= 4 is 61.4 Å². The zero-order valence-corrected chi connectivity index (χ0v) is 16.1. The van der Waals surface area contributed by atoms with Crippen molar-refractivity contribution in [3.8, 4) is 0 Å². The highest BCUT2D eigenvalue weighted by Crippen LogP contribution is 2.25. The second-order valence-electron chi connectivity index (χ2n) is 5.72. The van der Waals surface area contributed by atoms with Gasteiger partial charge in [0, 0.05) is 21.1 Å². The van der Waals surface area contributed by atoms with E-state index in [0.29, 0.717) is 10.8 Å². The van der Waals surface area contributed by atoms with Gasteiger partial charge in [-0.1, -0.05) is 45.9 Å². The number of hydrogen-bond acceptors (Lipinski definition) is 5. The number of carbonyl (C=O) groups excluding carboxylic acids is 1. The van der Waals surface area contributed by atoms with E-state index in [1.807, 2.05) is 55.5 Å². The zero-order valence-electron chi connectivity index (χ0n) is 13.7. The minimum Gasteiger partial charge on any atom is -0.338 e. The highest BCUT2D eigenvalue weighted by molar-refractivity contribution is 9.10. The second-order valence-corrected chi connectivity index (χ2v) is 7.94. The first-order valence-corrected chi connectivity index (χ1v) is 9.61. The van der Waals surface area contributed by atoms with E-state index < -0.39 is 0 Å². The van der Waals surface area contributed by atoms with Crippen molar-refractivity contribution in [3.63, 3.8) is 0 Å². The molecule has 0 radical (unpaired) electrons. The van der Waals surface area contributed by atoms with Crippen LogP contribution in [-0.2, 0) is 4.79 Å². The maximum absolute atomic E-state index is 12.4. The quantitative estimate of drug-likeness (QED) is 0.471. The third-order valence-corrected chi connectivity index (χ3v) is 5.35. The van der Waals surface area contributed by atoms with Crippen molar-refractivity contribution < 1.29 is 4.79 Å². The monoisotopic (exact) mass is 427 g/mol. The molecule has 26 heavy (non-hydrogen) atoms. The van der Waals surface area contributed by atoms with Crippen LogP contribution in [0.5, 0.6) is 0 Å². The van der Waals surface area contributed by atoms with E-state index in [1.165, 1.54) is 11.8 Å². The van der Waals surface area contributed by atoms with Crippen molar-refractivity contribution in [1.82, 2.24) is 20.2 Å². The molecule has 0 fully saturated rings. The van der Waals surface area contributed by atoms with Gasteiger partial charge < -0.3 is 10.3 Å². The molecule has 0 aliphatic carbocycles. The SMILES string of the molecule is CC(Sc1nnc2c(n1)[nH]c1ccccc12)C(=O)Nc1ccc(Br)cc1. The number of halogens is 1. The molecule has 0 bridgehead atoms. The summed E-state index contributed by atoms with van der Waals surface area (Å²) >= 11 is 4.65. The summed E-state index contributed by atoms with van der Waals surface area (Å²) in [6.45, 7) is 1.82. The number of fused-ring (bicyclic) bond motifs is 3. The van der Waals surface area contributed by atoms with E-state index in [1.54, 1.807) is 0 Å². The molecule has 0 spiro atoms. The third-order valence-electron chi connectivity index (χ3n) is 3.87. The Kier molecular flexibility index (Phi) is 4.60. The normalized spacial score (nSPS) is 12.4. The average molecular weight is 428 g/mol. The topological polar surface area (TPSA) is 83.6 Å². The van der Waals surface area contributed by atoms with Crippen LogP contribution in [0.1, 0.15) is 6.92 Å². The molecule has 1 unspecified atom stereocenters. The molecule has 2 heterocycles. The smallest absolute Gasteiger partial charge is 0.237 e. The van der Waals surface area contributed by atoms with Gasteiger partial charge in [-0.2, -0.15) is 0 Å². The van der Waals surface area contributed by atoms with Crippen molar-refractivity contribution in [3.05, 3.63) is 53.0 Å². The molecule has 6 nitrogen and oxygen atoms in total. The number of amides is 1. The molecule has 130 valence electrons. The van der Waals surface area contributed by atoms with Gasteiger partial charge >= 0.3 is 0 Å². The van der Waals surface area contributed by atoms with E-state index in [2.05, 4.69) is 41.4 Å². The number of nitrogens with one attached hydrogen (secondary N) is 2. The summed E-state index contributed by atoms with van der Waals surface area (Å²) in [6.07, 6.45) is 0. The van der Waals surface area contributed by atoms with E-state index in [0.717, 1.165) is 26.6 Å². The number of H-pyrrole nitrogens is 1. The third kappa shape index (κ3) is 3.42. The lowest BCUT2D eigenvalue weighted by atomic mass is 10.2. The van der Waals surface area contributed by atoms with Crippen LogP contribution < -0.4 is 5.32 Å². The van der Waals surface area contributed by atoms with Crippen LogP contribution >= 0.6 is 27.7 Å². The van der Waals surface area contributed by atoms with Crippen LogP contribution in [-0.4, -0.2) is 31.3 Å². The Morgan fingerprint density at radius 3 is 2.73 bits per heavy atom. The van der Waals surface area contributed by atoms with E-state index in [9.17, 15) is 4.79 Å². The Morgan fingerprint density at radius 2 is 1.92 bits per heavy atom. The van der Waals surface area contributed by atoms with Gasteiger partial charge in [0.2, 0.25) is 11.1 Å². The molecule has 2 aromatic carbocycles. The summed E-state index contributed by atoms with van der Waals surface area (Å²) in [7, 11) is 0. The fourth-order valence-electron chi connectivity index (χ4n) is 2.54. The van der Waals surface area contributed by atoms with E-state index in [-0.39, 0.29) is 11.2 Å². The number of anilines is 1. The lowest BCUT2D eigenvalue weighted by Crippen LogP contribution is -2.22. The van der Waals surface area contributed by atoms with Crippen LogP contribution in [0, 0.1) is 0 Å². The number of thioether (sulfide) groups is 1.